The van der Waals surface area contributed by atoms with E-state index in [0.717, 1.165) is 5.57 Å². The first kappa shape index (κ1) is 62.6. The van der Waals surface area contributed by atoms with Gasteiger partial charge in [0.1, 0.15) is 63.5 Å². The minimum Gasteiger partial charge on any atom is -0.495 e. The lowest BCUT2D eigenvalue weighted by Gasteiger charge is -2.41. The Hall–Kier alpha value is -6.29. The van der Waals surface area contributed by atoms with E-state index in [1.807, 2.05) is 13.0 Å². The van der Waals surface area contributed by atoms with Crippen LogP contribution in [0.3, 0.4) is 0 Å². The lowest BCUT2D eigenvalue weighted by molar-refractivity contribution is -0.187. The second-order valence-corrected chi connectivity index (χ2v) is 21.6. The third-order valence-electron chi connectivity index (χ3n) is 14.7. The molecule has 0 saturated carbocycles. The minimum absolute atomic E-state index is 0.00210. The van der Waals surface area contributed by atoms with Gasteiger partial charge in [0.15, 0.2) is 5.78 Å². The molecule has 78 heavy (non-hydrogen) atoms. The van der Waals surface area contributed by atoms with Crippen molar-refractivity contribution in [3.63, 3.8) is 0 Å². The van der Waals surface area contributed by atoms with Crippen molar-refractivity contribution in [2.75, 3.05) is 38.0 Å². The summed E-state index contributed by atoms with van der Waals surface area (Å²) in [5, 5.41) is 19.4. The summed E-state index contributed by atoms with van der Waals surface area (Å²) in [6.07, 6.45) is -0.162. The van der Waals surface area contributed by atoms with Crippen LogP contribution >= 0.6 is 11.6 Å². The highest BCUT2D eigenvalue weighted by Gasteiger charge is 2.64. The first-order valence-electron chi connectivity index (χ1n) is 26.1. The van der Waals surface area contributed by atoms with E-state index >= 15 is 8.78 Å². The van der Waals surface area contributed by atoms with Crippen molar-refractivity contribution >= 4 is 70.2 Å². The first-order valence-corrected chi connectivity index (χ1v) is 26.5. The summed E-state index contributed by atoms with van der Waals surface area (Å²) in [4.78, 5) is 106. The monoisotopic (exact) mass is 1110 g/mol. The van der Waals surface area contributed by atoms with E-state index in [1.54, 1.807) is 52.0 Å². The number of amides is 5. The molecule has 2 fully saturated rings. The summed E-state index contributed by atoms with van der Waals surface area (Å²) >= 11 is 6.79. The second-order valence-electron chi connectivity index (χ2n) is 21.2. The largest absolute Gasteiger partial charge is 0.495 e. The molecular weight excluding hydrogens is 1040 g/mol. The second kappa shape index (κ2) is 27.5. The SMILES string of the molecule is COc1cc2cc(c1Cl)N(C)C(=O)C[C@H](OC(=O)Nc1cc(F)c(CC(=O)[C@H](CCCNC(N)=O)NC(=O)[C@@H](CC(=O)CCCCC(C)=O)C(C)C)cc1F)[C@]1(C)O[C@H]1[C@H](C)[C@@H]1C[C@@](O)(CC(=O)O1)[C@H](OC)/C=C/C=C(\C)C2. The number of primary amides is 1. The Morgan fingerprint density at radius 2 is 1.73 bits per heavy atom. The molecule has 0 aromatic heterocycles. The van der Waals surface area contributed by atoms with E-state index < -0.39 is 125 Å². The number of allylic oxidation sites excluding steroid dienone is 3. The van der Waals surface area contributed by atoms with Gasteiger partial charge < -0.3 is 54.9 Å². The molecule has 0 unspecified atom stereocenters. The maximum Gasteiger partial charge on any atom is 0.412 e. The van der Waals surface area contributed by atoms with Crippen molar-refractivity contribution in [2.24, 2.45) is 23.5 Å². The number of nitrogens with zero attached hydrogens (tertiary/aromatic N) is 1. The van der Waals surface area contributed by atoms with Gasteiger partial charge in [-0.1, -0.05) is 56.2 Å². The molecule has 3 heterocycles. The molecule has 19 nitrogen and oxygen atoms in total. The van der Waals surface area contributed by atoms with Crippen LogP contribution in [-0.2, 0) is 60.6 Å². The highest BCUT2D eigenvalue weighted by atomic mass is 35.5. The van der Waals surface area contributed by atoms with Gasteiger partial charge in [-0.25, -0.2) is 18.4 Å². The molecule has 3 aliphatic heterocycles. The average molecular weight is 1110 g/mol. The maximum absolute atomic E-state index is 16.0. The van der Waals surface area contributed by atoms with Gasteiger partial charge in [0.2, 0.25) is 11.8 Å². The van der Waals surface area contributed by atoms with Crippen LogP contribution in [0.25, 0.3) is 0 Å². The molecular formula is C56H74ClF2N5O14. The van der Waals surface area contributed by atoms with E-state index in [1.165, 1.54) is 33.1 Å². The highest BCUT2D eigenvalue weighted by Crippen LogP contribution is 2.50. The molecule has 0 radical (unpaired) electrons. The number of Topliss-reactive ketones (excluding diaryl/α,β-unsaturated/α-hetero) is 3. The third kappa shape index (κ3) is 16.6. The molecule has 0 spiro atoms. The van der Waals surface area contributed by atoms with E-state index in [9.17, 15) is 43.5 Å². The predicted octanol–water partition coefficient (Wildman–Crippen LogP) is 7.33. The molecule has 3 aliphatic rings. The molecule has 2 aromatic carbocycles. The number of hydrogen-bond acceptors (Lipinski definition) is 14. The Morgan fingerprint density at radius 3 is 2.38 bits per heavy atom. The number of methoxy groups -OCH3 is 2. The van der Waals surface area contributed by atoms with Gasteiger partial charge in [-0.2, -0.15) is 0 Å². The number of benzene rings is 2. The van der Waals surface area contributed by atoms with Crippen LogP contribution in [0, 0.1) is 29.4 Å². The number of hydrogen-bond donors (Lipinski definition) is 5. The molecule has 2 saturated heterocycles. The zero-order valence-corrected chi connectivity index (χ0v) is 46.5. The highest BCUT2D eigenvalue weighted by molar-refractivity contribution is 6.35. The number of epoxide rings is 1. The number of ketones is 3. The fourth-order valence-corrected chi connectivity index (χ4v) is 10.4. The van der Waals surface area contributed by atoms with Crippen LogP contribution in [0.4, 0.5) is 29.7 Å². The van der Waals surface area contributed by atoms with Crippen molar-refractivity contribution in [3.05, 3.63) is 75.9 Å². The molecule has 428 valence electrons. The number of urea groups is 1. The zero-order valence-electron chi connectivity index (χ0n) is 45.8. The Kier molecular flexibility index (Phi) is 22.1. The summed E-state index contributed by atoms with van der Waals surface area (Å²) < 4.78 is 61.2. The number of aliphatic hydroxyl groups is 1. The van der Waals surface area contributed by atoms with Crippen molar-refractivity contribution < 1.29 is 75.9 Å². The normalized spacial score (nSPS) is 25.3. The van der Waals surface area contributed by atoms with Crippen molar-refractivity contribution in [1.29, 1.82) is 0 Å². The molecule has 6 N–H and O–H groups in total. The quantitative estimate of drug-likeness (QED) is 0.0466. The van der Waals surface area contributed by atoms with E-state index in [4.69, 9.17) is 41.0 Å². The number of ether oxygens (including phenoxy) is 5. The molecule has 9 atom stereocenters. The van der Waals surface area contributed by atoms with Gasteiger partial charge in [-0.3, -0.25) is 29.3 Å². The Labute approximate surface area is 458 Å². The first-order chi connectivity index (χ1) is 36.7. The summed E-state index contributed by atoms with van der Waals surface area (Å²) in [5.41, 5.74) is 2.76. The van der Waals surface area contributed by atoms with E-state index in [0.29, 0.717) is 43.4 Å². The van der Waals surface area contributed by atoms with Crippen LogP contribution < -0.4 is 31.3 Å². The topological polar surface area (TPSA) is 272 Å². The van der Waals surface area contributed by atoms with Gasteiger partial charge in [0, 0.05) is 70.7 Å². The number of esters is 1. The number of fused-ring (bicyclic) bond motifs is 5. The van der Waals surface area contributed by atoms with E-state index in [-0.39, 0.29) is 79.0 Å². The number of unbranched alkanes of at least 4 members (excludes halogenated alkanes) is 1. The molecule has 0 aliphatic carbocycles. The van der Waals surface area contributed by atoms with E-state index in [2.05, 4.69) is 16.0 Å². The van der Waals surface area contributed by atoms with Gasteiger partial charge in [-0.05, 0) is 88.1 Å². The number of halogens is 3. The Bertz CT molecular complexity index is 2650. The van der Waals surface area contributed by atoms with Crippen molar-refractivity contribution in [1.82, 2.24) is 10.6 Å². The lowest BCUT2D eigenvalue weighted by atomic mass is 9.78. The molecule has 4 bridgehead atoms. The third-order valence-corrected chi connectivity index (χ3v) is 15.1. The Balaban J connectivity index is 1.39. The van der Waals surface area contributed by atoms with Crippen molar-refractivity contribution in [2.45, 2.75) is 160 Å². The summed E-state index contributed by atoms with van der Waals surface area (Å²) in [6.45, 7) is 10.1. The summed E-state index contributed by atoms with van der Waals surface area (Å²) in [6, 6.07) is 2.70. The van der Waals surface area contributed by atoms with Crippen LogP contribution in [0.2, 0.25) is 5.02 Å². The van der Waals surface area contributed by atoms with Crippen molar-refractivity contribution in [3.8, 4) is 5.75 Å². The van der Waals surface area contributed by atoms with Gasteiger partial charge in [0.05, 0.1) is 43.5 Å². The van der Waals surface area contributed by atoms with Crippen LogP contribution in [-0.4, -0.2) is 122 Å². The number of rotatable bonds is 21. The molecule has 5 rings (SSSR count). The average Bonchev–Trinajstić information content (AvgIpc) is 4.21. The van der Waals surface area contributed by atoms with Crippen LogP contribution in [0.15, 0.2) is 48.1 Å². The van der Waals surface area contributed by atoms with Crippen LogP contribution in [0.5, 0.6) is 5.75 Å². The molecule has 5 amide bonds. The standard InChI is InChI=1S/C56H74ClF2N5O14/c1-30(2)37(25-36(66)16-11-10-15-32(4)65)52(70)62-40(17-13-19-61-53(60)71)43(67)24-35-23-39(59)41(26-38(35)58)63-54(72)77-47-27-48(68)64(7)42-21-34(22-44(74-8)50(42)57)20-31(3)14-12-18-46(75-9)56(73)28-45(76-49(69)29-56)33(5)51-55(47,6)78-51/h12,14,18,21-23,26,30,33,37,40,45-47,51,73H,10-11,13,15-17,19-20,24-25,27-29H2,1-9H3,(H,62,70)(H,63,72)(H3,60,61,71)/b18-12+,31-14+/t33-,37+,40+,45+,46-,47+,51+,55+,56-/m1/s1. The number of anilines is 2. The van der Waals surface area contributed by atoms with Gasteiger partial charge in [0.25, 0.3) is 0 Å². The smallest absolute Gasteiger partial charge is 0.412 e. The molecule has 2 aromatic rings. The van der Waals surface area contributed by atoms with Gasteiger partial charge >= 0.3 is 18.1 Å². The summed E-state index contributed by atoms with van der Waals surface area (Å²) in [5.74, 6) is -6.69. The minimum atomic E-state index is -1.70. The fourth-order valence-electron chi connectivity index (χ4n) is 10.0. The maximum atomic E-state index is 16.0. The number of nitrogens with two attached hydrogens (primary N) is 1. The van der Waals surface area contributed by atoms with Crippen LogP contribution in [0.1, 0.15) is 117 Å². The Morgan fingerprint density at radius 1 is 1.03 bits per heavy atom. The number of carbonyl (C=O) groups is 8. The number of nitrogens with one attached hydrogen (secondary N) is 3. The fraction of sp³-hybridized carbons (Fsp3) is 0.571. The summed E-state index contributed by atoms with van der Waals surface area (Å²) in [7, 11) is 4.31. The zero-order chi connectivity index (χ0) is 57.8. The molecule has 22 heteroatoms. The lowest BCUT2D eigenvalue weighted by Crippen LogP contribution is -2.53. The van der Waals surface area contributed by atoms with Gasteiger partial charge in [-0.15, -0.1) is 0 Å². The number of carbonyl (C=O) groups excluding carboxylic acids is 8. The predicted molar refractivity (Wildman–Crippen MR) is 285 cm³/mol.